The van der Waals surface area contributed by atoms with Gasteiger partial charge in [0.25, 0.3) is 0 Å². The van der Waals surface area contributed by atoms with E-state index in [0.717, 1.165) is 38.2 Å². The van der Waals surface area contributed by atoms with E-state index in [4.69, 9.17) is 0 Å². The Morgan fingerprint density at radius 2 is 1.75 bits per heavy atom. The number of hydrogen-bond acceptors (Lipinski definition) is 4. The number of carboxylic acids is 1. The van der Waals surface area contributed by atoms with Crippen molar-refractivity contribution in [1.82, 2.24) is 9.88 Å². The minimum atomic E-state index is -0.785. The Labute approximate surface area is 141 Å². The number of amides is 1. The monoisotopic (exact) mass is 329 g/mol. The highest BCUT2D eigenvalue weighted by molar-refractivity contribution is 5.86. The van der Waals surface area contributed by atoms with E-state index in [2.05, 4.69) is 9.88 Å². The fraction of sp³-hybridized carbons (Fsp3) is 0.611. The van der Waals surface area contributed by atoms with Gasteiger partial charge in [0.2, 0.25) is 5.91 Å². The molecule has 2 bridgehead atoms. The predicted octanol–water partition coefficient (Wildman–Crippen LogP) is 1.48. The number of anilines is 1. The molecule has 1 N–H and O–H groups in total. The summed E-state index contributed by atoms with van der Waals surface area (Å²) in [5.41, 5.74) is 0. The molecule has 1 amide bonds. The number of rotatable bonds is 3. The van der Waals surface area contributed by atoms with Gasteiger partial charge in [-0.2, -0.15) is 0 Å². The van der Waals surface area contributed by atoms with Crippen LogP contribution in [-0.2, 0) is 9.59 Å². The summed E-state index contributed by atoms with van der Waals surface area (Å²) in [6, 6.07) is 5.84. The summed E-state index contributed by atoms with van der Waals surface area (Å²) in [5.74, 6) is -0.0720. The molecule has 6 nitrogen and oxygen atoms in total. The highest BCUT2D eigenvalue weighted by atomic mass is 16.4. The van der Waals surface area contributed by atoms with Gasteiger partial charge >= 0.3 is 5.97 Å². The zero-order valence-electron chi connectivity index (χ0n) is 13.7. The number of carbonyl (C=O) groups is 2. The summed E-state index contributed by atoms with van der Waals surface area (Å²) < 4.78 is 0. The van der Waals surface area contributed by atoms with E-state index in [1.807, 2.05) is 23.1 Å². The van der Waals surface area contributed by atoms with E-state index in [1.54, 1.807) is 6.20 Å². The molecule has 0 spiro atoms. The molecule has 1 aliphatic heterocycles. The third kappa shape index (κ3) is 2.54. The lowest BCUT2D eigenvalue weighted by molar-refractivity contribution is -0.153. The van der Waals surface area contributed by atoms with Crippen LogP contribution < -0.4 is 4.90 Å². The molecule has 2 heterocycles. The van der Waals surface area contributed by atoms with Crippen molar-refractivity contribution in [2.75, 3.05) is 31.1 Å². The van der Waals surface area contributed by atoms with E-state index < -0.39 is 11.9 Å². The van der Waals surface area contributed by atoms with Crippen LogP contribution in [0.4, 0.5) is 5.82 Å². The lowest BCUT2D eigenvalue weighted by atomic mass is 9.78. The van der Waals surface area contributed by atoms with Gasteiger partial charge in [-0.05, 0) is 43.2 Å². The second-order valence-corrected chi connectivity index (χ2v) is 7.22. The average Bonchev–Trinajstić information content (AvgIpc) is 3.23. The summed E-state index contributed by atoms with van der Waals surface area (Å²) in [6.45, 7) is 2.80. The normalized spacial score (nSPS) is 32.2. The van der Waals surface area contributed by atoms with Crippen LogP contribution in [0.5, 0.6) is 0 Å². The molecule has 24 heavy (non-hydrogen) atoms. The lowest BCUT2D eigenvalue weighted by Crippen LogP contribution is -2.52. The minimum absolute atomic E-state index is 0.0651. The van der Waals surface area contributed by atoms with Crippen molar-refractivity contribution < 1.29 is 14.7 Å². The van der Waals surface area contributed by atoms with Crippen LogP contribution in [0.15, 0.2) is 24.4 Å². The smallest absolute Gasteiger partial charge is 0.307 e. The van der Waals surface area contributed by atoms with Crippen molar-refractivity contribution in [2.24, 2.45) is 23.7 Å². The molecule has 3 fully saturated rings. The van der Waals surface area contributed by atoms with Gasteiger partial charge in [0, 0.05) is 32.4 Å². The molecule has 4 rings (SSSR count). The molecule has 2 saturated carbocycles. The van der Waals surface area contributed by atoms with E-state index in [0.29, 0.717) is 13.1 Å². The first-order valence-corrected chi connectivity index (χ1v) is 8.82. The van der Waals surface area contributed by atoms with Crippen LogP contribution >= 0.6 is 0 Å². The highest BCUT2D eigenvalue weighted by Crippen LogP contribution is 2.53. The van der Waals surface area contributed by atoms with Gasteiger partial charge in [-0.15, -0.1) is 0 Å². The molecular formula is C18H23N3O3. The molecule has 1 aromatic heterocycles. The molecule has 0 unspecified atom stereocenters. The summed E-state index contributed by atoms with van der Waals surface area (Å²) in [5, 5.41) is 9.56. The largest absolute Gasteiger partial charge is 0.481 e. The van der Waals surface area contributed by atoms with Crippen molar-refractivity contribution in [3.05, 3.63) is 24.4 Å². The molecule has 128 valence electrons. The first-order valence-electron chi connectivity index (χ1n) is 8.82. The van der Waals surface area contributed by atoms with Crippen molar-refractivity contribution in [3.8, 4) is 0 Å². The van der Waals surface area contributed by atoms with Crippen molar-refractivity contribution in [2.45, 2.75) is 19.3 Å². The SMILES string of the molecule is O=C(O)[C@H]1[C@@H]2CC[C@@H](C2)[C@@H]1C(=O)N1CCN(c2ccccn2)CC1. The standard InChI is InChI=1S/C18H23N3O3/c22-17(15-12-4-5-13(11-12)16(15)18(23)24)21-9-7-20(8-10-21)14-3-1-2-6-19-14/h1-3,6,12-13,15-16H,4-5,7-11H2,(H,23,24)/t12-,13+,15-,16-/m0/s1. The van der Waals surface area contributed by atoms with E-state index >= 15 is 0 Å². The third-order valence-electron chi connectivity index (χ3n) is 6.05. The predicted molar refractivity (Wildman–Crippen MR) is 88.5 cm³/mol. The fourth-order valence-corrected chi connectivity index (χ4v) is 4.91. The number of carboxylic acid groups (broad SMARTS) is 1. The number of hydrogen-bond donors (Lipinski definition) is 1. The maximum Gasteiger partial charge on any atom is 0.307 e. The van der Waals surface area contributed by atoms with E-state index in [-0.39, 0.29) is 23.7 Å². The summed E-state index contributed by atoms with van der Waals surface area (Å²) in [4.78, 5) is 33.0. The quantitative estimate of drug-likeness (QED) is 0.909. The molecule has 1 saturated heterocycles. The number of fused-ring (bicyclic) bond motifs is 2. The molecule has 2 aliphatic carbocycles. The Balaban J connectivity index is 1.42. The Morgan fingerprint density at radius 1 is 1.04 bits per heavy atom. The van der Waals surface area contributed by atoms with Gasteiger partial charge in [0.05, 0.1) is 11.8 Å². The van der Waals surface area contributed by atoms with Crippen LogP contribution in [0.25, 0.3) is 0 Å². The zero-order valence-corrected chi connectivity index (χ0v) is 13.7. The van der Waals surface area contributed by atoms with Crippen molar-refractivity contribution in [3.63, 3.8) is 0 Å². The second-order valence-electron chi connectivity index (χ2n) is 7.22. The molecule has 6 heteroatoms. The number of carbonyl (C=O) groups excluding carboxylic acids is 1. The Kier molecular flexibility index (Phi) is 3.90. The molecule has 0 aromatic carbocycles. The topological polar surface area (TPSA) is 73.7 Å². The first-order chi connectivity index (χ1) is 11.6. The van der Waals surface area contributed by atoms with E-state index in [9.17, 15) is 14.7 Å². The maximum atomic E-state index is 13.0. The maximum absolute atomic E-state index is 13.0. The number of aliphatic carboxylic acids is 1. The molecule has 4 atom stereocenters. The van der Waals surface area contributed by atoms with Crippen LogP contribution in [0.1, 0.15) is 19.3 Å². The van der Waals surface area contributed by atoms with Crippen LogP contribution in [0.2, 0.25) is 0 Å². The number of piperazine rings is 1. The van der Waals surface area contributed by atoms with Crippen LogP contribution in [-0.4, -0.2) is 53.0 Å². The van der Waals surface area contributed by atoms with Gasteiger partial charge in [-0.1, -0.05) is 6.07 Å². The van der Waals surface area contributed by atoms with Crippen molar-refractivity contribution in [1.29, 1.82) is 0 Å². The molecule has 3 aliphatic rings. The van der Waals surface area contributed by atoms with Gasteiger partial charge in [0.1, 0.15) is 5.82 Å². The number of aromatic nitrogens is 1. The summed E-state index contributed by atoms with van der Waals surface area (Å²) in [6.07, 6.45) is 4.68. The Bertz CT molecular complexity index is 628. The highest BCUT2D eigenvalue weighted by Gasteiger charge is 2.54. The fourth-order valence-electron chi connectivity index (χ4n) is 4.91. The summed E-state index contributed by atoms with van der Waals surface area (Å²) >= 11 is 0. The molecule has 0 radical (unpaired) electrons. The molecule has 1 aromatic rings. The van der Waals surface area contributed by atoms with Crippen molar-refractivity contribution >= 4 is 17.7 Å². The van der Waals surface area contributed by atoms with Crippen LogP contribution in [0.3, 0.4) is 0 Å². The van der Waals surface area contributed by atoms with Gasteiger partial charge in [-0.25, -0.2) is 4.98 Å². The van der Waals surface area contributed by atoms with Gasteiger partial charge < -0.3 is 14.9 Å². The first kappa shape index (κ1) is 15.4. The second kappa shape index (κ2) is 6.07. The molecular weight excluding hydrogens is 306 g/mol. The van der Waals surface area contributed by atoms with Crippen LogP contribution in [0, 0.1) is 23.7 Å². The average molecular weight is 329 g/mol. The van der Waals surface area contributed by atoms with Gasteiger partial charge in [-0.3, -0.25) is 9.59 Å². The Hall–Kier alpha value is -2.11. The van der Waals surface area contributed by atoms with E-state index in [1.165, 1.54) is 0 Å². The number of nitrogens with zero attached hydrogens (tertiary/aromatic N) is 3. The lowest BCUT2D eigenvalue weighted by Gasteiger charge is -2.38. The number of pyridine rings is 1. The summed E-state index contributed by atoms with van der Waals surface area (Å²) in [7, 11) is 0. The minimum Gasteiger partial charge on any atom is -0.481 e. The Morgan fingerprint density at radius 3 is 2.38 bits per heavy atom. The third-order valence-corrected chi connectivity index (χ3v) is 6.05. The van der Waals surface area contributed by atoms with Gasteiger partial charge in [0.15, 0.2) is 0 Å². The zero-order chi connectivity index (χ0) is 16.7.